The predicted octanol–water partition coefficient (Wildman–Crippen LogP) is 2.86. The van der Waals surface area contributed by atoms with Crippen LogP contribution in [0.1, 0.15) is 0 Å². The van der Waals surface area contributed by atoms with Crippen LogP contribution in [0.2, 0.25) is 26.2 Å². The van der Waals surface area contributed by atoms with Gasteiger partial charge in [0.05, 0.1) is 0 Å². The van der Waals surface area contributed by atoms with Crippen molar-refractivity contribution in [3.63, 3.8) is 0 Å². The van der Waals surface area contributed by atoms with Gasteiger partial charge in [0.15, 0.2) is 8.32 Å². The fourth-order valence-corrected chi connectivity index (χ4v) is 6.94. The van der Waals surface area contributed by atoms with Gasteiger partial charge >= 0.3 is 21.1 Å². The van der Waals surface area contributed by atoms with Gasteiger partial charge in [-0.25, -0.2) is 0 Å². The third-order valence-corrected chi connectivity index (χ3v) is 7.17. The largest absolute Gasteiger partial charge is 2.00 e. The zero-order valence-corrected chi connectivity index (χ0v) is 12.6. The molecule has 0 saturated carbocycles. The molecule has 0 radical (unpaired) electrons. The topological polar surface area (TPSA) is 9.23 Å². The summed E-state index contributed by atoms with van der Waals surface area (Å²) < 4.78 is 5.97. The van der Waals surface area contributed by atoms with E-state index in [4.69, 9.17) is 4.12 Å². The van der Waals surface area contributed by atoms with E-state index in [-0.39, 0.29) is 21.1 Å². The first-order chi connectivity index (χ1) is 4.83. The third kappa shape index (κ3) is 6.12. The molecule has 0 bridgehead atoms. The Morgan fingerprint density at radius 2 is 1.33 bits per heavy atom. The molecule has 0 aliphatic rings. The van der Waals surface area contributed by atoms with Crippen molar-refractivity contribution in [1.29, 1.82) is 0 Å². The molecule has 0 aliphatic carbocycles. The van der Waals surface area contributed by atoms with Gasteiger partial charge in [0.25, 0.3) is 0 Å². The van der Waals surface area contributed by atoms with Gasteiger partial charge in [0.2, 0.25) is 8.32 Å². The fraction of sp³-hybridized carbons (Fsp3) is 0.500. The van der Waals surface area contributed by atoms with Gasteiger partial charge < -0.3 is 4.12 Å². The molecule has 0 heterocycles. The predicted molar refractivity (Wildman–Crippen MR) is 56.4 cm³/mol. The van der Waals surface area contributed by atoms with Crippen molar-refractivity contribution in [1.82, 2.24) is 0 Å². The normalized spacial score (nSPS) is 11.7. The van der Waals surface area contributed by atoms with Gasteiger partial charge in [0, 0.05) is 0 Å². The van der Waals surface area contributed by atoms with Crippen molar-refractivity contribution in [2.45, 2.75) is 26.2 Å². The van der Waals surface area contributed by atoms with Crippen molar-refractivity contribution < 1.29 is 25.2 Å². The van der Waals surface area contributed by atoms with Crippen molar-refractivity contribution >= 4 is 16.6 Å². The van der Waals surface area contributed by atoms with Crippen LogP contribution in [-0.2, 0) is 25.2 Å². The first-order valence-electron chi connectivity index (χ1n) is 3.80. The molecule has 1 nitrogen and oxygen atoms in total. The van der Waals surface area contributed by atoms with Crippen LogP contribution in [0.4, 0.5) is 0 Å². The first-order valence-corrected chi connectivity index (χ1v) is 9.77. The smallest absolute Gasteiger partial charge is 0.450 e. The fourth-order valence-electron chi connectivity index (χ4n) is 0.826. The van der Waals surface area contributed by atoms with Crippen molar-refractivity contribution in [2.24, 2.45) is 0 Å². The second kappa shape index (κ2) is 5.33. The van der Waals surface area contributed by atoms with Gasteiger partial charge in [-0.3, -0.25) is 0 Å². The third-order valence-electron chi connectivity index (χ3n) is 1.34. The molecule has 0 aromatic rings. The van der Waals surface area contributed by atoms with E-state index in [0.29, 0.717) is 0 Å². The summed E-state index contributed by atoms with van der Waals surface area (Å²) in [6.45, 7) is 16.2. The summed E-state index contributed by atoms with van der Waals surface area (Å²) in [5.74, 6) is 0. The molecular formula is C8H18OPtSi2+2. The Bertz CT molecular complexity index is 155. The molecule has 72 valence electrons. The van der Waals surface area contributed by atoms with Crippen molar-refractivity contribution in [3.8, 4) is 0 Å². The zero-order valence-electron chi connectivity index (χ0n) is 8.29. The summed E-state index contributed by atoms with van der Waals surface area (Å²) in [7, 11) is -3.16. The first kappa shape index (κ1) is 15.1. The standard InChI is InChI=1S/C8H18OSi2.Pt/c1-7-11(6,8-2)9-10(3,4)5;/h7-8H,1-2H2,3-6H3;/q;+2. The molecule has 0 amide bonds. The van der Waals surface area contributed by atoms with Crippen LogP contribution in [0, 0.1) is 0 Å². The molecular weight excluding hydrogens is 363 g/mol. The van der Waals surface area contributed by atoms with Crippen LogP contribution in [0.25, 0.3) is 0 Å². The quantitative estimate of drug-likeness (QED) is 0.681. The van der Waals surface area contributed by atoms with Gasteiger partial charge in [0.1, 0.15) is 0 Å². The Hall–Kier alpha value is 0.562. The summed E-state index contributed by atoms with van der Waals surface area (Å²) in [5.41, 5.74) is 3.86. The van der Waals surface area contributed by atoms with Crippen LogP contribution >= 0.6 is 0 Å². The molecule has 0 aromatic carbocycles. The maximum absolute atomic E-state index is 5.97. The molecule has 4 heteroatoms. The number of hydrogen-bond acceptors (Lipinski definition) is 1. The van der Waals surface area contributed by atoms with E-state index in [1.165, 1.54) is 0 Å². The Labute approximate surface area is 92.4 Å². The summed E-state index contributed by atoms with van der Waals surface area (Å²) in [6.07, 6.45) is 0. The Balaban J connectivity index is 0. The summed E-state index contributed by atoms with van der Waals surface area (Å²) in [6, 6.07) is 0. The van der Waals surface area contributed by atoms with Gasteiger partial charge in [-0.1, -0.05) is 11.4 Å². The van der Waals surface area contributed by atoms with Gasteiger partial charge in [-0.05, 0) is 26.2 Å². The monoisotopic (exact) mass is 381 g/mol. The Kier molecular flexibility index (Phi) is 6.68. The average molecular weight is 381 g/mol. The molecule has 12 heavy (non-hydrogen) atoms. The van der Waals surface area contributed by atoms with Crippen LogP contribution < -0.4 is 0 Å². The van der Waals surface area contributed by atoms with Gasteiger partial charge in [-0.2, -0.15) is 0 Å². The Morgan fingerprint density at radius 3 is 1.42 bits per heavy atom. The molecule has 0 aliphatic heterocycles. The Morgan fingerprint density at radius 1 is 1.00 bits per heavy atom. The molecule has 0 unspecified atom stereocenters. The molecule has 0 saturated heterocycles. The second-order valence-corrected chi connectivity index (χ2v) is 12.0. The van der Waals surface area contributed by atoms with E-state index in [2.05, 4.69) is 39.3 Å². The van der Waals surface area contributed by atoms with Crippen molar-refractivity contribution in [2.75, 3.05) is 0 Å². The zero-order chi connectivity index (χ0) is 9.12. The van der Waals surface area contributed by atoms with Crippen LogP contribution in [0.15, 0.2) is 24.6 Å². The minimum absolute atomic E-state index is 0. The maximum Gasteiger partial charge on any atom is 2.00 e. The van der Waals surface area contributed by atoms with Crippen LogP contribution in [0.5, 0.6) is 0 Å². The van der Waals surface area contributed by atoms with E-state index in [1.807, 2.05) is 11.4 Å². The van der Waals surface area contributed by atoms with Crippen molar-refractivity contribution in [3.05, 3.63) is 24.6 Å². The molecule has 0 N–H and O–H groups in total. The molecule has 0 aromatic heterocycles. The summed E-state index contributed by atoms with van der Waals surface area (Å²) in [4.78, 5) is 0. The van der Waals surface area contributed by atoms with E-state index in [9.17, 15) is 0 Å². The number of hydrogen-bond donors (Lipinski definition) is 0. The van der Waals surface area contributed by atoms with Gasteiger partial charge in [-0.15, -0.1) is 13.2 Å². The maximum atomic E-state index is 5.97. The van der Waals surface area contributed by atoms with E-state index >= 15 is 0 Å². The van der Waals surface area contributed by atoms with E-state index < -0.39 is 16.6 Å². The average Bonchev–Trinajstić information content (AvgIpc) is 1.84. The van der Waals surface area contributed by atoms with Crippen LogP contribution in [0.3, 0.4) is 0 Å². The molecule has 0 atom stereocenters. The minimum Gasteiger partial charge on any atom is -0.450 e. The molecule has 0 rings (SSSR count). The summed E-state index contributed by atoms with van der Waals surface area (Å²) in [5, 5.41) is 0. The van der Waals surface area contributed by atoms with E-state index in [0.717, 1.165) is 0 Å². The SMILES string of the molecule is C=C[Si](C)(C=C)O[Si](C)(C)C.[Pt+2]. The number of rotatable bonds is 4. The second-order valence-electron chi connectivity index (χ2n) is 3.81. The van der Waals surface area contributed by atoms with Crippen LogP contribution in [-0.4, -0.2) is 16.6 Å². The molecule has 0 spiro atoms. The minimum atomic E-state index is -1.74. The summed E-state index contributed by atoms with van der Waals surface area (Å²) >= 11 is 0. The van der Waals surface area contributed by atoms with E-state index in [1.54, 1.807) is 0 Å². The molecule has 0 fully saturated rings.